The first-order valence-electron chi connectivity index (χ1n) is 6.51. The van der Waals surface area contributed by atoms with Crippen LogP contribution in [0.5, 0.6) is 0 Å². The van der Waals surface area contributed by atoms with Gasteiger partial charge in [-0.25, -0.2) is 0 Å². The molecule has 110 valence electrons. The van der Waals surface area contributed by atoms with Crippen molar-refractivity contribution in [3.05, 3.63) is 28.6 Å². The van der Waals surface area contributed by atoms with Crippen molar-refractivity contribution in [2.45, 2.75) is 44.6 Å². The van der Waals surface area contributed by atoms with Gasteiger partial charge in [-0.05, 0) is 0 Å². The average Bonchev–Trinajstić information content (AvgIpc) is 2.65. The van der Waals surface area contributed by atoms with E-state index in [4.69, 9.17) is 0 Å². The minimum absolute atomic E-state index is 0.131. The molecule has 0 aliphatic carbocycles. The summed E-state index contributed by atoms with van der Waals surface area (Å²) in [4.78, 5) is 0.894. The number of alkyl halides is 3. The summed E-state index contributed by atoms with van der Waals surface area (Å²) >= 11 is 0.0715. The van der Waals surface area contributed by atoms with Crippen LogP contribution >= 0.6 is 11.3 Å². The van der Waals surface area contributed by atoms with Crippen molar-refractivity contribution >= 4 is 40.8 Å². The molecule has 1 aromatic heterocycles. The Morgan fingerprint density at radius 3 is 2.20 bits per heavy atom. The second-order valence-corrected chi connectivity index (χ2v) is 8.68. The second kappa shape index (κ2) is 5.70. The number of thiophene rings is 1. The van der Waals surface area contributed by atoms with Gasteiger partial charge in [0.1, 0.15) is 0 Å². The molecule has 0 amide bonds. The Morgan fingerprint density at radius 2 is 1.70 bits per heavy atom. The Labute approximate surface area is 127 Å². The third-order valence-electron chi connectivity index (χ3n) is 3.09. The maximum atomic E-state index is 12.9. The van der Waals surface area contributed by atoms with Crippen molar-refractivity contribution in [2.75, 3.05) is 0 Å². The van der Waals surface area contributed by atoms with Crippen LogP contribution in [-0.4, -0.2) is 20.0 Å². The van der Waals surface area contributed by atoms with Crippen molar-refractivity contribution < 1.29 is 13.2 Å². The van der Waals surface area contributed by atoms with Crippen LogP contribution in [-0.2, 0) is 0 Å². The van der Waals surface area contributed by atoms with Gasteiger partial charge in [0, 0.05) is 0 Å². The molecular weight excluding hydrogens is 348 g/mol. The zero-order valence-electron chi connectivity index (χ0n) is 11.8. The van der Waals surface area contributed by atoms with Crippen LogP contribution in [0.2, 0.25) is 0 Å². The Morgan fingerprint density at radius 1 is 1.05 bits per heavy atom. The van der Waals surface area contributed by atoms with Crippen LogP contribution in [0.25, 0.3) is 10.1 Å². The predicted octanol–water partition coefficient (Wildman–Crippen LogP) is 5.00. The number of rotatable bonds is 3. The van der Waals surface area contributed by atoms with Gasteiger partial charge in [-0.1, -0.05) is 0 Å². The van der Waals surface area contributed by atoms with Gasteiger partial charge in [0.15, 0.2) is 0 Å². The van der Waals surface area contributed by atoms with Gasteiger partial charge in [-0.2, -0.15) is 0 Å². The van der Waals surface area contributed by atoms with Gasteiger partial charge in [0.25, 0.3) is 0 Å². The predicted molar refractivity (Wildman–Crippen MR) is 81.4 cm³/mol. The van der Waals surface area contributed by atoms with Gasteiger partial charge >= 0.3 is 127 Å². The number of hydrogen-bond donors (Lipinski definition) is 0. The molecule has 0 N–H and O–H groups in total. The Bertz CT molecular complexity index is 611. The Kier molecular flexibility index (Phi) is 4.53. The van der Waals surface area contributed by atoms with Crippen molar-refractivity contribution in [2.24, 2.45) is 0 Å². The van der Waals surface area contributed by atoms with E-state index in [1.807, 2.05) is 32.0 Å². The van der Waals surface area contributed by atoms with Crippen LogP contribution in [0.4, 0.5) is 13.2 Å². The molecule has 2 aromatic rings. The van der Waals surface area contributed by atoms with Crippen LogP contribution < -0.4 is 4.46 Å². The fourth-order valence-electron chi connectivity index (χ4n) is 2.19. The van der Waals surface area contributed by atoms with Gasteiger partial charge < -0.3 is 0 Å². The maximum absolute atomic E-state index is 12.9. The van der Waals surface area contributed by atoms with Crippen LogP contribution in [0.1, 0.15) is 50.0 Å². The van der Waals surface area contributed by atoms with E-state index in [9.17, 15) is 13.2 Å². The first-order valence-corrected chi connectivity index (χ1v) is 9.04. The summed E-state index contributed by atoms with van der Waals surface area (Å²) in [6.07, 6.45) is 0. The molecule has 2 rings (SSSR count). The summed E-state index contributed by atoms with van der Waals surface area (Å²) < 4.78 is 40.2. The summed E-state index contributed by atoms with van der Waals surface area (Å²) in [5.41, 5.74) is 1.15. The van der Waals surface area contributed by atoms with Crippen LogP contribution in [0.3, 0.4) is 0 Å². The Hall–Kier alpha value is -0.511. The van der Waals surface area contributed by atoms with E-state index < -0.39 is 20.0 Å². The van der Waals surface area contributed by atoms with Crippen LogP contribution in [0.15, 0.2) is 18.2 Å². The zero-order valence-corrected chi connectivity index (χ0v) is 14.4. The molecular formula is C15H17F3SSe. The van der Waals surface area contributed by atoms with Gasteiger partial charge in [0.05, 0.1) is 0 Å². The molecule has 0 aliphatic heterocycles. The normalized spacial score (nSPS) is 12.8. The van der Waals surface area contributed by atoms with Gasteiger partial charge in [-0.3, -0.25) is 0 Å². The Balaban J connectivity index is 2.70. The molecule has 0 fully saturated rings. The van der Waals surface area contributed by atoms with Gasteiger partial charge in [0.2, 0.25) is 0 Å². The van der Waals surface area contributed by atoms with Crippen LogP contribution in [0, 0.1) is 0 Å². The zero-order chi connectivity index (χ0) is 15.1. The molecule has 0 atom stereocenters. The first-order chi connectivity index (χ1) is 9.20. The molecule has 0 aliphatic rings. The summed E-state index contributed by atoms with van der Waals surface area (Å²) in [5, 5.41) is -3.29. The third-order valence-corrected chi connectivity index (χ3v) is 6.77. The molecule has 0 bridgehead atoms. The van der Waals surface area contributed by atoms with E-state index >= 15 is 0 Å². The van der Waals surface area contributed by atoms with Crippen molar-refractivity contribution in [1.29, 1.82) is 0 Å². The fourth-order valence-corrected chi connectivity index (χ4v) is 5.96. The molecule has 1 aromatic carbocycles. The van der Waals surface area contributed by atoms with E-state index in [1.165, 1.54) is 0 Å². The van der Waals surface area contributed by atoms with E-state index in [0.29, 0.717) is 10.4 Å². The summed E-state index contributed by atoms with van der Waals surface area (Å²) in [7, 11) is 0. The topological polar surface area (TPSA) is 0 Å². The van der Waals surface area contributed by atoms with E-state index in [1.54, 1.807) is 11.3 Å². The van der Waals surface area contributed by atoms with Gasteiger partial charge in [-0.15, -0.1) is 0 Å². The minimum atomic E-state index is -4.10. The standard InChI is InChI=1S/C15H17F3SSe/c1-8(2)10-6-5-7-11-13(10)19-12(9(3)4)14(11)20-15(16,17)18/h5-9H,1-4H3. The summed E-state index contributed by atoms with van der Waals surface area (Å²) in [5.74, 6) is 0.454. The van der Waals surface area contributed by atoms with Crippen molar-refractivity contribution in [3.8, 4) is 0 Å². The van der Waals surface area contributed by atoms with Crippen molar-refractivity contribution in [1.82, 2.24) is 0 Å². The molecule has 0 saturated heterocycles. The van der Waals surface area contributed by atoms with Crippen molar-refractivity contribution in [3.63, 3.8) is 0 Å². The molecule has 0 unspecified atom stereocenters. The van der Waals surface area contributed by atoms with E-state index in [-0.39, 0.29) is 5.92 Å². The monoisotopic (exact) mass is 366 g/mol. The third kappa shape index (κ3) is 3.21. The molecule has 1 heterocycles. The molecule has 0 radical (unpaired) electrons. The molecule has 20 heavy (non-hydrogen) atoms. The first kappa shape index (κ1) is 15.9. The number of benzene rings is 1. The second-order valence-electron chi connectivity index (χ2n) is 5.38. The molecule has 0 spiro atoms. The number of fused-ring (bicyclic) bond motifs is 1. The molecule has 0 saturated carbocycles. The van der Waals surface area contributed by atoms with E-state index in [0.717, 1.165) is 20.5 Å². The summed E-state index contributed by atoms with van der Waals surface area (Å²) in [6.45, 7) is 8.10. The SMILES string of the molecule is CC(C)c1sc2c(C(C)C)cccc2c1[Se]C(F)(F)F. The number of hydrogen-bond acceptors (Lipinski definition) is 1. The average molecular weight is 365 g/mol. The molecule has 0 nitrogen and oxygen atoms in total. The summed E-state index contributed by atoms with van der Waals surface area (Å²) in [6, 6.07) is 5.74. The fraction of sp³-hybridized carbons (Fsp3) is 0.467. The molecule has 5 heteroatoms. The quantitative estimate of drug-likeness (QED) is 0.672. The number of halogens is 3. The van der Waals surface area contributed by atoms with E-state index in [2.05, 4.69) is 13.8 Å².